The van der Waals surface area contributed by atoms with Crippen LogP contribution in [0.4, 0.5) is 9.18 Å². The number of carbonyl (C=O) groups excluding carboxylic acids is 1. The van der Waals surface area contributed by atoms with Crippen LogP contribution in [0.15, 0.2) is 61.1 Å². The Bertz CT molecular complexity index is 1340. The number of hydrogen-bond donors (Lipinski definition) is 0. The fourth-order valence-corrected chi connectivity index (χ4v) is 4.38. The predicted octanol–water partition coefficient (Wildman–Crippen LogP) is 5.87. The lowest BCUT2D eigenvalue weighted by atomic mass is 9.99. The minimum Gasteiger partial charge on any atom is -0.444 e. The number of fused-ring (bicyclic) bond motifs is 1. The van der Waals surface area contributed by atoms with Gasteiger partial charge < -0.3 is 9.64 Å². The number of likely N-dealkylation sites (tertiary alicyclic amines) is 1. The summed E-state index contributed by atoms with van der Waals surface area (Å²) in [5.74, 6) is -0.290. The van der Waals surface area contributed by atoms with E-state index in [1.807, 2.05) is 43.8 Å². The van der Waals surface area contributed by atoms with E-state index in [0.29, 0.717) is 18.7 Å². The van der Waals surface area contributed by atoms with E-state index in [9.17, 15) is 9.18 Å². The Balaban J connectivity index is 1.44. The summed E-state index contributed by atoms with van der Waals surface area (Å²) < 4.78 is 21.0. The zero-order chi connectivity index (χ0) is 24.6. The summed E-state index contributed by atoms with van der Waals surface area (Å²) in [4.78, 5) is 23.2. The maximum absolute atomic E-state index is 13.6. The van der Waals surface area contributed by atoms with Gasteiger partial charge in [-0.1, -0.05) is 0 Å². The quantitative estimate of drug-likeness (QED) is 0.372. The van der Waals surface area contributed by atoms with Gasteiger partial charge in [-0.25, -0.2) is 14.2 Å². The highest BCUT2D eigenvalue weighted by atomic mass is 19.1. The molecular formula is C27H28FN5O2. The molecule has 4 heterocycles. The number of carbonyl (C=O) groups is 1. The molecule has 180 valence electrons. The van der Waals surface area contributed by atoms with Gasteiger partial charge in [0.25, 0.3) is 0 Å². The molecule has 4 aromatic rings. The summed E-state index contributed by atoms with van der Waals surface area (Å²) in [5, 5.41) is 5.72. The molecule has 35 heavy (non-hydrogen) atoms. The molecule has 0 N–H and O–H groups in total. The highest BCUT2D eigenvalue weighted by Crippen LogP contribution is 2.34. The molecule has 0 aliphatic carbocycles. The largest absolute Gasteiger partial charge is 0.444 e. The first-order valence-corrected chi connectivity index (χ1v) is 11.8. The Kier molecular flexibility index (Phi) is 5.96. The number of pyridine rings is 2. The monoisotopic (exact) mass is 473 g/mol. The van der Waals surface area contributed by atoms with Gasteiger partial charge in [0.1, 0.15) is 11.4 Å². The molecule has 0 atom stereocenters. The third-order valence-electron chi connectivity index (χ3n) is 6.11. The third kappa shape index (κ3) is 5.01. The second-order valence-corrected chi connectivity index (χ2v) is 9.85. The highest BCUT2D eigenvalue weighted by molar-refractivity contribution is 5.89. The van der Waals surface area contributed by atoms with Crippen LogP contribution in [0.5, 0.6) is 0 Å². The molecule has 0 bridgehead atoms. The van der Waals surface area contributed by atoms with E-state index in [4.69, 9.17) is 14.8 Å². The van der Waals surface area contributed by atoms with E-state index in [-0.39, 0.29) is 18.0 Å². The number of halogens is 1. The smallest absolute Gasteiger partial charge is 0.410 e. The molecule has 8 heteroatoms. The Morgan fingerprint density at radius 2 is 1.71 bits per heavy atom. The van der Waals surface area contributed by atoms with Crippen molar-refractivity contribution in [2.75, 3.05) is 13.1 Å². The van der Waals surface area contributed by atoms with Gasteiger partial charge in [-0.15, -0.1) is 0 Å². The van der Waals surface area contributed by atoms with Crippen LogP contribution in [0.1, 0.15) is 39.7 Å². The maximum Gasteiger partial charge on any atom is 0.410 e. The van der Waals surface area contributed by atoms with E-state index < -0.39 is 5.60 Å². The van der Waals surface area contributed by atoms with Crippen molar-refractivity contribution in [3.63, 3.8) is 0 Å². The summed E-state index contributed by atoms with van der Waals surface area (Å²) in [6.07, 6.45) is 6.82. The number of amides is 1. The predicted molar refractivity (Wildman–Crippen MR) is 132 cm³/mol. The van der Waals surface area contributed by atoms with Crippen molar-refractivity contribution in [1.82, 2.24) is 24.6 Å². The Morgan fingerprint density at radius 3 is 2.37 bits per heavy atom. The molecule has 1 aromatic carbocycles. The zero-order valence-electron chi connectivity index (χ0n) is 20.1. The molecule has 1 aliphatic rings. The molecule has 0 spiro atoms. The van der Waals surface area contributed by atoms with Crippen molar-refractivity contribution >= 4 is 17.1 Å². The van der Waals surface area contributed by atoms with Crippen molar-refractivity contribution in [2.45, 2.75) is 45.3 Å². The Hall–Kier alpha value is -3.81. The topological polar surface area (TPSA) is 73.1 Å². The van der Waals surface area contributed by atoms with E-state index in [2.05, 4.69) is 11.1 Å². The van der Waals surface area contributed by atoms with Gasteiger partial charge in [-0.05, 0) is 81.6 Å². The number of ether oxygens (including phenoxy) is 1. The van der Waals surface area contributed by atoms with E-state index in [0.717, 1.165) is 40.6 Å². The Labute approximate surface area is 203 Å². The van der Waals surface area contributed by atoms with Gasteiger partial charge in [0, 0.05) is 48.2 Å². The van der Waals surface area contributed by atoms with Gasteiger partial charge in [0.2, 0.25) is 0 Å². The molecule has 1 fully saturated rings. The first-order valence-electron chi connectivity index (χ1n) is 11.8. The summed E-state index contributed by atoms with van der Waals surface area (Å²) >= 11 is 0. The van der Waals surface area contributed by atoms with Crippen LogP contribution in [0.25, 0.3) is 33.4 Å². The number of aromatic nitrogens is 4. The van der Waals surface area contributed by atoms with Crippen LogP contribution in [0.3, 0.4) is 0 Å². The number of piperidine rings is 1. The fraction of sp³-hybridized carbons (Fsp3) is 0.333. The molecule has 0 unspecified atom stereocenters. The van der Waals surface area contributed by atoms with Crippen molar-refractivity contribution in [3.8, 4) is 22.4 Å². The molecule has 0 radical (unpaired) electrons. The number of nitrogens with zero attached hydrogens (tertiary/aromatic N) is 5. The molecule has 1 amide bonds. The van der Waals surface area contributed by atoms with E-state index >= 15 is 0 Å². The second kappa shape index (κ2) is 9.09. The van der Waals surface area contributed by atoms with Crippen molar-refractivity contribution in [2.24, 2.45) is 0 Å². The van der Waals surface area contributed by atoms with Gasteiger partial charge in [-0.3, -0.25) is 9.67 Å². The molecule has 1 aliphatic heterocycles. The van der Waals surface area contributed by atoms with Crippen molar-refractivity contribution in [1.29, 1.82) is 0 Å². The normalized spacial score (nSPS) is 14.9. The standard InChI is InChI=1S/C27H28FN5O2/c1-27(2,3)35-26(34)32-14-10-22(11-15-32)33-17-20-16-23(18-8-12-29-13-9-18)24(30-25(20)31-33)19-4-6-21(28)7-5-19/h4-9,12-13,16-17,22H,10-11,14-15H2,1-3H3. The van der Waals surface area contributed by atoms with E-state index in [1.165, 1.54) is 12.1 Å². The number of hydrogen-bond acceptors (Lipinski definition) is 5. The lowest BCUT2D eigenvalue weighted by Crippen LogP contribution is -2.42. The van der Waals surface area contributed by atoms with Crippen LogP contribution in [-0.2, 0) is 4.74 Å². The minimum atomic E-state index is -0.506. The van der Waals surface area contributed by atoms with Gasteiger partial charge in [0.05, 0.1) is 11.7 Å². The summed E-state index contributed by atoms with van der Waals surface area (Å²) in [7, 11) is 0. The SMILES string of the molecule is CC(C)(C)OC(=O)N1CCC(n2cc3cc(-c4ccncc4)c(-c4ccc(F)cc4)nc3n2)CC1. The fourth-order valence-electron chi connectivity index (χ4n) is 4.38. The highest BCUT2D eigenvalue weighted by Gasteiger charge is 2.28. The molecular weight excluding hydrogens is 445 g/mol. The lowest BCUT2D eigenvalue weighted by molar-refractivity contribution is 0.0185. The average Bonchev–Trinajstić information content (AvgIpc) is 3.26. The van der Waals surface area contributed by atoms with E-state index in [1.54, 1.807) is 29.4 Å². The Morgan fingerprint density at radius 1 is 1.03 bits per heavy atom. The van der Waals surface area contributed by atoms with Crippen LogP contribution in [0.2, 0.25) is 0 Å². The maximum atomic E-state index is 13.6. The number of benzene rings is 1. The lowest BCUT2D eigenvalue weighted by Gasteiger charge is -2.33. The van der Waals surface area contributed by atoms with Crippen LogP contribution >= 0.6 is 0 Å². The number of rotatable bonds is 3. The molecule has 5 rings (SSSR count). The van der Waals surface area contributed by atoms with Crippen LogP contribution < -0.4 is 0 Å². The molecule has 7 nitrogen and oxygen atoms in total. The first-order chi connectivity index (χ1) is 16.8. The molecule has 1 saturated heterocycles. The van der Waals surface area contributed by atoms with Gasteiger partial charge >= 0.3 is 6.09 Å². The van der Waals surface area contributed by atoms with Crippen molar-refractivity contribution in [3.05, 3.63) is 66.9 Å². The first kappa shape index (κ1) is 23.0. The van der Waals surface area contributed by atoms with Crippen LogP contribution in [-0.4, -0.2) is 49.4 Å². The second-order valence-electron chi connectivity index (χ2n) is 9.85. The molecule has 0 saturated carbocycles. The summed E-state index contributed by atoms with van der Waals surface area (Å²) in [6, 6.07) is 12.5. The molecule has 3 aromatic heterocycles. The summed E-state index contributed by atoms with van der Waals surface area (Å²) in [6.45, 7) is 6.86. The third-order valence-corrected chi connectivity index (χ3v) is 6.11. The van der Waals surface area contributed by atoms with Gasteiger partial charge in [0.15, 0.2) is 5.65 Å². The average molecular weight is 474 g/mol. The van der Waals surface area contributed by atoms with Crippen molar-refractivity contribution < 1.29 is 13.9 Å². The zero-order valence-corrected chi connectivity index (χ0v) is 20.1. The minimum absolute atomic E-state index is 0.168. The van der Waals surface area contributed by atoms with Crippen LogP contribution in [0, 0.1) is 5.82 Å². The summed E-state index contributed by atoms with van der Waals surface area (Å²) in [5.41, 5.74) is 3.61. The van der Waals surface area contributed by atoms with Gasteiger partial charge in [-0.2, -0.15) is 5.10 Å².